The average molecular weight is 350 g/mol. The first-order valence-corrected chi connectivity index (χ1v) is 9.81. The second-order valence-corrected chi connectivity index (χ2v) is 9.98. The van der Waals surface area contributed by atoms with Gasteiger partial charge in [-0.05, 0) is 57.4 Å². The standard InChI is InChI=1S/C21H31FO3/c1-12-10-18(2)13(9-16(12)23)5-6-15-14-7-8-20(4,25)19(14,3)11-17(24)21(15,18)22/h9,12,14-15,17,24-25H,5-8,10-11H2,1-4H3. The van der Waals surface area contributed by atoms with Crippen LogP contribution in [0, 0.1) is 28.6 Å². The molecule has 8 unspecified atom stereocenters. The number of fused-ring (bicyclic) bond motifs is 5. The third-order valence-electron chi connectivity index (χ3n) is 8.91. The Labute approximate surface area is 149 Å². The first-order valence-electron chi connectivity index (χ1n) is 9.81. The minimum atomic E-state index is -1.71. The molecule has 0 aliphatic heterocycles. The monoisotopic (exact) mass is 350 g/mol. The average Bonchev–Trinajstić information content (AvgIpc) is 2.74. The lowest BCUT2D eigenvalue weighted by atomic mass is 9.43. The van der Waals surface area contributed by atoms with Crippen LogP contribution >= 0.6 is 0 Å². The van der Waals surface area contributed by atoms with Crippen molar-refractivity contribution in [1.29, 1.82) is 0 Å². The first kappa shape index (κ1) is 17.7. The minimum Gasteiger partial charge on any atom is -0.390 e. The summed E-state index contributed by atoms with van der Waals surface area (Å²) < 4.78 is 16.8. The lowest BCUT2D eigenvalue weighted by molar-refractivity contribution is -0.226. The molecule has 25 heavy (non-hydrogen) atoms. The van der Waals surface area contributed by atoms with Gasteiger partial charge in [0.15, 0.2) is 5.78 Å². The molecule has 3 saturated carbocycles. The molecule has 0 heterocycles. The Morgan fingerprint density at radius 2 is 1.84 bits per heavy atom. The number of hydrogen-bond acceptors (Lipinski definition) is 3. The molecule has 4 rings (SSSR count). The molecule has 0 aromatic rings. The minimum absolute atomic E-state index is 0.0854. The first-order chi connectivity index (χ1) is 11.5. The number of hydrogen-bond donors (Lipinski definition) is 2. The van der Waals surface area contributed by atoms with E-state index in [-0.39, 0.29) is 23.5 Å². The number of carbonyl (C=O) groups is 1. The largest absolute Gasteiger partial charge is 0.390 e. The summed E-state index contributed by atoms with van der Waals surface area (Å²) in [4.78, 5) is 12.2. The van der Waals surface area contributed by atoms with Crippen molar-refractivity contribution in [2.45, 2.75) is 83.6 Å². The number of halogens is 1. The summed E-state index contributed by atoms with van der Waals surface area (Å²) >= 11 is 0. The van der Waals surface area contributed by atoms with Crippen LogP contribution in [0.15, 0.2) is 11.6 Å². The Hall–Kier alpha value is -0.740. The topological polar surface area (TPSA) is 57.5 Å². The fourth-order valence-electron chi connectivity index (χ4n) is 7.11. The van der Waals surface area contributed by atoms with Gasteiger partial charge in [-0.1, -0.05) is 26.3 Å². The predicted octanol–water partition coefficient (Wildman–Crippen LogP) is 3.58. The Balaban J connectivity index is 1.83. The van der Waals surface area contributed by atoms with Crippen LogP contribution in [-0.2, 0) is 4.79 Å². The summed E-state index contributed by atoms with van der Waals surface area (Å²) in [5.41, 5.74) is -2.90. The zero-order chi connectivity index (χ0) is 18.4. The van der Waals surface area contributed by atoms with Crippen molar-refractivity contribution in [3.05, 3.63) is 11.6 Å². The summed E-state index contributed by atoms with van der Waals surface area (Å²) in [6, 6.07) is 0. The number of aliphatic hydroxyl groups is 2. The lowest BCUT2D eigenvalue weighted by Crippen LogP contribution is -2.68. The van der Waals surface area contributed by atoms with E-state index >= 15 is 4.39 Å². The third kappa shape index (κ3) is 1.91. The molecule has 8 atom stereocenters. The number of carbonyl (C=O) groups excluding carboxylic acids is 1. The van der Waals surface area contributed by atoms with E-state index in [1.165, 1.54) is 0 Å². The quantitative estimate of drug-likeness (QED) is 0.702. The predicted molar refractivity (Wildman–Crippen MR) is 93.6 cm³/mol. The molecule has 140 valence electrons. The van der Waals surface area contributed by atoms with Gasteiger partial charge in [0.1, 0.15) is 5.67 Å². The van der Waals surface area contributed by atoms with Crippen LogP contribution in [0.5, 0.6) is 0 Å². The lowest BCUT2D eigenvalue weighted by Gasteiger charge is -2.63. The summed E-state index contributed by atoms with van der Waals surface area (Å²) in [5.74, 6) is -0.277. The summed E-state index contributed by atoms with van der Waals surface area (Å²) in [5, 5.41) is 22.0. The highest BCUT2D eigenvalue weighted by molar-refractivity contribution is 5.93. The number of ketones is 1. The van der Waals surface area contributed by atoms with Crippen molar-refractivity contribution in [3.8, 4) is 0 Å². The second kappa shape index (κ2) is 4.95. The van der Waals surface area contributed by atoms with Crippen LogP contribution in [0.1, 0.15) is 66.2 Å². The second-order valence-electron chi connectivity index (χ2n) is 9.98. The van der Waals surface area contributed by atoms with Crippen molar-refractivity contribution in [2.24, 2.45) is 28.6 Å². The molecular weight excluding hydrogens is 319 g/mol. The molecule has 0 bridgehead atoms. The van der Waals surface area contributed by atoms with Crippen molar-refractivity contribution in [3.63, 3.8) is 0 Å². The number of rotatable bonds is 0. The molecule has 4 aliphatic rings. The van der Waals surface area contributed by atoms with Crippen molar-refractivity contribution >= 4 is 5.78 Å². The Morgan fingerprint density at radius 3 is 2.52 bits per heavy atom. The molecule has 3 fully saturated rings. The zero-order valence-electron chi connectivity index (χ0n) is 15.8. The van der Waals surface area contributed by atoms with Crippen LogP contribution in [0.3, 0.4) is 0 Å². The molecule has 0 saturated heterocycles. The Kier molecular flexibility index (Phi) is 3.50. The normalized spacial score (nSPS) is 58.2. The Morgan fingerprint density at radius 1 is 1.16 bits per heavy atom. The van der Waals surface area contributed by atoms with Gasteiger partial charge in [-0.25, -0.2) is 4.39 Å². The van der Waals surface area contributed by atoms with Crippen LogP contribution in [0.25, 0.3) is 0 Å². The van der Waals surface area contributed by atoms with Gasteiger partial charge < -0.3 is 10.2 Å². The van der Waals surface area contributed by atoms with E-state index in [9.17, 15) is 15.0 Å². The van der Waals surface area contributed by atoms with E-state index in [0.29, 0.717) is 25.7 Å². The molecule has 0 spiro atoms. The summed E-state index contributed by atoms with van der Waals surface area (Å²) in [6.45, 7) is 7.68. The molecule has 4 aliphatic carbocycles. The SMILES string of the molecule is CC1CC2(C)C(=CC1=O)CCC1C3CCC(C)(O)C3(C)CC(O)C12F. The molecule has 4 heteroatoms. The van der Waals surface area contributed by atoms with Gasteiger partial charge in [-0.15, -0.1) is 0 Å². The molecule has 3 nitrogen and oxygen atoms in total. The highest BCUT2D eigenvalue weighted by Crippen LogP contribution is 2.70. The van der Waals surface area contributed by atoms with Gasteiger partial charge in [-0.2, -0.15) is 0 Å². The van der Waals surface area contributed by atoms with Crippen molar-refractivity contribution in [2.75, 3.05) is 0 Å². The number of alkyl halides is 1. The van der Waals surface area contributed by atoms with Crippen LogP contribution in [0.2, 0.25) is 0 Å². The molecule has 0 radical (unpaired) electrons. The highest BCUT2D eigenvalue weighted by atomic mass is 19.1. The fraction of sp³-hybridized carbons (Fsp3) is 0.857. The summed E-state index contributed by atoms with van der Waals surface area (Å²) in [6.07, 6.45) is 4.21. The molecule has 0 amide bonds. The number of allylic oxidation sites excluding steroid dienone is 1. The maximum atomic E-state index is 16.8. The third-order valence-corrected chi connectivity index (χ3v) is 8.91. The van der Waals surface area contributed by atoms with Crippen molar-refractivity contribution in [1.82, 2.24) is 0 Å². The molecule has 0 aromatic heterocycles. The van der Waals surface area contributed by atoms with Crippen molar-refractivity contribution < 1.29 is 19.4 Å². The van der Waals surface area contributed by atoms with Gasteiger partial charge in [0.05, 0.1) is 11.7 Å². The van der Waals surface area contributed by atoms with E-state index in [1.807, 2.05) is 27.7 Å². The van der Waals surface area contributed by atoms with Gasteiger partial charge in [0, 0.05) is 22.7 Å². The zero-order valence-corrected chi connectivity index (χ0v) is 15.8. The van der Waals surface area contributed by atoms with Gasteiger partial charge in [0.2, 0.25) is 0 Å². The van der Waals surface area contributed by atoms with E-state index in [2.05, 4.69) is 0 Å². The Bertz CT molecular complexity index is 656. The van der Waals surface area contributed by atoms with Gasteiger partial charge >= 0.3 is 0 Å². The van der Waals surface area contributed by atoms with Crippen LogP contribution < -0.4 is 0 Å². The van der Waals surface area contributed by atoms with Gasteiger partial charge in [-0.3, -0.25) is 4.79 Å². The van der Waals surface area contributed by atoms with Gasteiger partial charge in [0.25, 0.3) is 0 Å². The number of aliphatic hydroxyl groups excluding tert-OH is 1. The van der Waals surface area contributed by atoms with E-state index in [1.54, 1.807) is 6.08 Å². The van der Waals surface area contributed by atoms with Crippen LogP contribution in [0.4, 0.5) is 4.39 Å². The molecular formula is C21H31FO3. The molecule has 2 N–H and O–H groups in total. The highest BCUT2D eigenvalue weighted by Gasteiger charge is 2.72. The van der Waals surface area contributed by atoms with E-state index in [0.717, 1.165) is 18.4 Å². The smallest absolute Gasteiger partial charge is 0.158 e. The maximum absolute atomic E-state index is 16.8. The van der Waals surface area contributed by atoms with E-state index in [4.69, 9.17) is 0 Å². The van der Waals surface area contributed by atoms with Crippen LogP contribution in [-0.4, -0.2) is 33.4 Å². The molecule has 0 aromatic carbocycles. The summed E-state index contributed by atoms with van der Waals surface area (Å²) in [7, 11) is 0. The fourth-order valence-corrected chi connectivity index (χ4v) is 7.11. The maximum Gasteiger partial charge on any atom is 0.158 e. The van der Waals surface area contributed by atoms with E-state index < -0.39 is 28.2 Å².